The van der Waals surface area contributed by atoms with E-state index in [-0.39, 0.29) is 23.8 Å². The van der Waals surface area contributed by atoms with Crippen molar-refractivity contribution in [2.24, 2.45) is 11.3 Å². The van der Waals surface area contributed by atoms with E-state index in [2.05, 4.69) is 32.2 Å². The Bertz CT molecular complexity index is 903. The lowest BCUT2D eigenvalue weighted by atomic mass is 9.67. The van der Waals surface area contributed by atoms with Crippen molar-refractivity contribution in [1.29, 1.82) is 5.26 Å². The molecule has 1 heterocycles. The SMILES string of the molecule is CCCN(Cc1ccc(C#N)cc1)C(=O)CN1C(=O)NC2(CCC(C(C)(C)C)CC2)C1=O. The Kier molecular flexibility index (Phi) is 6.92. The summed E-state index contributed by atoms with van der Waals surface area (Å²) in [5, 5.41) is 11.9. The van der Waals surface area contributed by atoms with Crippen molar-refractivity contribution in [3.8, 4) is 6.07 Å². The predicted octanol–water partition coefficient (Wildman–Crippen LogP) is 3.82. The minimum Gasteiger partial charge on any atom is -0.337 e. The molecule has 2 fully saturated rings. The lowest BCUT2D eigenvalue weighted by Crippen LogP contribution is -2.51. The van der Waals surface area contributed by atoms with Crippen LogP contribution < -0.4 is 5.32 Å². The third-order valence-electron chi connectivity index (χ3n) is 6.91. The summed E-state index contributed by atoms with van der Waals surface area (Å²) in [5.74, 6) is -0.000792. The molecule has 0 atom stereocenters. The molecule has 1 N–H and O–H groups in total. The summed E-state index contributed by atoms with van der Waals surface area (Å²) in [4.78, 5) is 41.7. The number of carbonyl (C=O) groups excluding carboxylic acids is 3. The summed E-state index contributed by atoms with van der Waals surface area (Å²) < 4.78 is 0. The second-order valence-corrected chi connectivity index (χ2v) is 10.2. The first-order chi connectivity index (χ1) is 15.1. The van der Waals surface area contributed by atoms with Crippen LogP contribution in [0.25, 0.3) is 0 Å². The minimum absolute atomic E-state index is 0.176. The van der Waals surface area contributed by atoms with Crippen LogP contribution in [0.3, 0.4) is 0 Å². The average Bonchev–Trinajstić information content (AvgIpc) is 2.97. The van der Waals surface area contributed by atoms with Crippen LogP contribution in [0.5, 0.6) is 0 Å². The third kappa shape index (κ3) is 4.95. The van der Waals surface area contributed by atoms with E-state index in [1.165, 1.54) is 0 Å². The van der Waals surface area contributed by atoms with E-state index in [4.69, 9.17) is 5.26 Å². The lowest BCUT2D eigenvalue weighted by Gasteiger charge is -2.40. The molecule has 1 aliphatic carbocycles. The molecule has 0 bridgehead atoms. The Balaban J connectivity index is 1.66. The van der Waals surface area contributed by atoms with Crippen LogP contribution in [0.2, 0.25) is 0 Å². The molecular formula is C25H34N4O3. The Morgan fingerprint density at radius 3 is 2.38 bits per heavy atom. The Morgan fingerprint density at radius 2 is 1.84 bits per heavy atom. The van der Waals surface area contributed by atoms with Gasteiger partial charge in [0.15, 0.2) is 0 Å². The minimum atomic E-state index is -0.859. The zero-order valence-corrected chi connectivity index (χ0v) is 19.6. The molecule has 1 aliphatic heterocycles. The summed E-state index contributed by atoms with van der Waals surface area (Å²) in [5.41, 5.74) is 0.782. The average molecular weight is 439 g/mol. The summed E-state index contributed by atoms with van der Waals surface area (Å²) in [7, 11) is 0. The van der Waals surface area contributed by atoms with Crippen molar-refractivity contribution in [2.75, 3.05) is 13.1 Å². The highest BCUT2D eigenvalue weighted by Crippen LogP contribution is 2.43. The standard InChI is InChI=1S/C25H34N4O3/c1-5-14-28(16-19-8-6-18(15-26)7-9-19)21(30)17-29-22(31)25(27-23(29)32)12-10-20(11-13-25)24(2,3)4/h6-9,20H,5,10-14,16-17H2,1-4H3,(H,27,32). The number of carbonyl (C=O) groups is 3. The molecule has 7 heteroatoms. The number of nitrogens with zero attached hydrogens (tertiary/aromatic N) is 3. The molecule has 172 valence electrons. The maximum Gasteiger partial charge on any atom is 0.325 e. The van der Waals surface area contributed by atoms with Crippen molar-refractivity contribution in [2.45, 2.75) is 71.9 Å². The van der Waals surface area contributed by atoms with Crippen molar-refractivity contribution in [3.63, 3.8) is 0 Å². The summed E-state index contributed by atoms with van der Waals surface area (Å²) >= 11 is 0. The van der Waals surface area contributed by atoms with Crippen LogP contribution in [0.4, 0.5) is 4.79 Å². The van der Waals surface area contributed by atoms with Crippen LogP contribution >= 0.6 is 0 Å². The smallest absolute Gasteiger partial charge is 0.325 e. The number of nitriles is 1. The van der Waals surface area contributed by atoms with Crippen molar-refractivity contribution >= 4 is 17.8 Å². The number of hydrogen-bond donors (Lipinski definition) is 1. The molecule has 1 saturated carbocycles. The zero-order chi connectivity index (χ0) is 23.5. The number of hydrogen-bond acceptors (Lipinski definition) is 4. The topological polar surface area (TPSA) is 93.5 Å². The molecule has 0 radical (unpaired) electrons. The molecular weight excluding hydrogens is 404 g/mol. The van der Waals surface area contributed by atoms with Gasteiger partial charge in [-0.15, -0.1) is 0 Å². The van der Waals surface area contributed by atoms with E-state index in [1.807, 2.05) is 19.1 Å². The number of amides is 4. The van der Waals surface area contributed by atoms with Gasteiger partial charge >= 0.3 is 6.03 Å². The molecule has 1 saturated heterocycles. The highest BCUT2D eigenvalue weighted by atomic mass is 16.2. The van der Waals surface area contributed by atoms with Crippen LogP contribution in [0.15, 0.2) is 24.3 Å². The fourth-order valence-corrected chi connectivity index (χ4v) is 4.84. The fourth-order valence-electron chi connectivity index (χ4n) is 4.84. The summed E-state index contributed by atoms with van der Waals surface area (Å²) in [6.45, 7) is 9.28. The Labute approximate surface area is 190 Å². The van der Waals surface area contributed by atoms with E-state index in [1.54, 1.807) is 17.0 Å². The van der Waals surface area contributed by atoms with E-state index < -0.39 is 11.6 Å². The largest absolute Gasteiger partial charge is 0.337 e. The van der Waals surface area contributed by atoms with Gasteiger partial charge in [0.2, 0.25) is 5.91 Å². The van der Waals surface area contributed by atoms with Crippen LogP contribution in [0, 0.1) is 22.7 Å². The van der Waals surface area contributed by atoms with Crippen molar-refractivity contribution in [1.82, 2.24) is 15.1 Å². The van der Waals surface area contributed by atoms with E-state index in [0.29, 0.717) is 37.4 Å². The number of rotatable bonds is 6. The highest BCUT2D eigenvalue weighted by Gasteiger charge is 2.53. The van der Waals surface area contributed by atoms with Gasteiger partial charge in [-0.25, -0.2) is 4.79 Å². The normalized spacial score (nSPS) is 23.2. The van der Waals surface area contributed by atoms with Gasteiger partial charge in [-0.1, -0.05) is 39.8 Å². The first kappa shape index (κ1) is 23.8. The van der Waals surface area contributed by atoms with Gasteiger partial charge in [-0.2, -0.15) is 5.26 Å². The number of nitrogens with one attached hydrogen (secondary N) is 1. The van der Waals surface area contributed by atoms with Crippen molar-refractivity contribution < 1.29 is 14.4 Å². The second-order valence-electron chi connectivity index (χ2n) is 10.2. The first-order valence-corrected chi connectivity index (χ1v) is 11.5. The van der Waals surface area contributed by atoms with E-state index in [0.717, 1.165) is 29.7 Å². The summed E-state index contributed by atoms with van der Waals surface area (Å²) in [6.07, 6.45) is 3.78. The number of imide groups is 1. The maximum atomic E-state index is 13.2. The molecule has 2 aliphatic rings. The molecule has 1 aromatic rings. The maximum absolute atomic E-state index is 13.2. The zero-order valence-electron chi connectivity index (χ0n) is 19.6. The highest BCUT2D eigenvalue weighted by molar-refractivity contribution is 6.09. The van der Waals surface area contributed by atoms with Crippen LogP contribution in [0.1, 0.15) is 70.9 Å². The monoisotopic (exact) mass is 438 g/mol. The predicted molar refractivity (Wildman–Crippen MR) is 121 cm³/mol. The molecule has 0 unspecified atom stereocenters. The second kappa shape index (κ2) is 9.32. The van der Waals surface area contributed by atoms with Gasteiger partial charge in [-0.3, -0.25) is 14.5 Å². The lowest BCUT2D eigenvalue weighted by molar-refractivity contribution is -0.140. The molecule has 1 spiro atoms. The van der Waals surface area contributed by atoms with E-state index in [9.17, 15) is 14.4 Å². The Morgan fingerprint density at radius 1 is 1.22 bits per heavy atom. The van der Waals surface area contributed by atoms with Gasteiger partial charge in [0.05, 0.1) is 11.6 Å². The van der Waals surface area contributed by atoms with E-state index >= 15 is 0 Å². The summed E-state index contributed by atoms with van der Waals surface area (Å²) in [6, 6.07) is 8.71. The number of urea groups is 1. The van der Waals surface area contributed by atoms with Gasteiger partial charge in [-0.05, 0) is 61.1 Å². The molecule has 4 amide bonds. The van der Waals surface area contributed by atoms with Crippen LogP contribution in [-0.2, 0) is 16.1 Å². The number of benzene rings is 1. The Hall–Kier alpha value is -2.88. The molecule has 0 aromatic heterocycles. The molecule has 1 aromatic carbocycles. The van der Waals surface area contributed by atoms with Gasteiger partial charge in [0, 0.05) is 13.1 Å². The van der Waals surface area contributed by atoms with Gasteiger partial charge in [0.25, 0.3) is 5.91 Å². The molecule has 32 heavy (non-hydrogen) atoms. The molecule has 3 rings (SSSR count). The quantitative estimate of drug-likeness (QED) is 0.683. The van der Waals surface area contributed by atoms with Crippen molar-refractivity contribution in [3.05, 3.63) is 35.4 Å². The first-order valence-electron chi connectivity index (χ1n) is 11.5. The third-order valence-corrected chi connectivity index (χ3v) is 6.91. The molecule has 7 nitrogen and oxygen atoms in total. The van der Waals surface area contributed by atoms with Crippen LogP contribution in [-0.4, -0.2) is 46.3 Å². The van der Waals surface area contributed by atoms with Gasteiger partial charge in [0.1, 0.15) is 12.1 Å². The van der Waals surface area contributed by atoms with Gasteiger partial charge < -0.3 is 10.2 Å². The fraction of sp³-hybridized carbons (Fsp3) is 0.600.